The number of carbonyl (C=O) groups is 1. The maximum atomic E-state index is 12.4. The normalized spacial score (nSPS) is 33.3. The van der Waals surface area contributed by atoms with Crippen molar-refractivity contribution in [3.05, 3.63) is 36.7 Å². The molecule has 0 aromatic carbocycles. The smallest absolute Gasteiger partial charge is 0.387 e. The van der Waals surface area contributed by atoms with Gasteiger partial charge in [-0.15, -0.1) is 0 Å². The number of imidazole rings is 1. The van der Waals surface area contributed by atoms with Gasteiger partial charge in [-0.25, -0.2) is 24.1 Å². The Morgan fingerprint density at radius 2 is 1.55 bits per heavy atom. The number of rotatable bonds is 11. The van der Waals surface area contributed by atoms with Gasteiger partial charge in [0.05, 0.1) is 19.5 Å². The predicted octanol–water partition coefficient (Wildman–Crippen LogP) is -2.69. The highest BCUT2D eigenvalue weighted by molar-refractivity contribution is 7.61. The molecule has 0 spiro atoms. The van der Waals surface area contributed by atoms with Crippen LogP contribution in [-0.4, -0.2) is 117 Å². The number of ether oxygens (including phenoxy) is 2. The number of aromatic nitrogens is 4. The summed E-state index contributed by atoms with van der Waals surface area (Å²) in [6.07, 6.45) is -4.88. The Balaban J connectivity index is 1.15. The first-order valence-electron chi connectivity index (χ1n) is 12.7. The van der Waals surface area contributed by atoms with Gasteiger partial charge in [0.25, 0.3) is 0 Å². The van der Waals surface area contributed by atoms with Crippen molar-refractivity contribution in [2.24, 2.45) is 5.73 Å². The minimum atomic E-state index is -5.37. The van der Waals surface area contributed by atoms with Gasteiger partial charge in [-0.3, -0.25) is 18.4 Å². The van der Waals surface area contributed by atoms with Gasteiger partial charge in [-0.05, 0) is 6.42 Å². The average Bonchev–Trinajstić information content (AvgIpc) is 3.61. The zero-order valence-corrected chi connectivity index (χ0v) is 24.2. The molecule has 1 amide bonds. The van der Waals surface area contributed by atoms with Gasteiger partial charge in [-0.2, -0.15) is 4.31 Å². The summed E-state index contributed by atoms with van der Waals surface area (Å²) in [7, 11) is -10.7. The number of nitrogen functional groups attached to an aromatic ring is 1. The third kappa shape index (κ3) is 6.70. The summed E-state index contributed by atoms with van der Waals surface area (Å²) in [5, 5.41) is 41.6. The van der Waals surface area contributed by atoms with E-state index in [1.165, 1.54) is 28.2 Å². The average molecular weight is 665 g/mol. The monoisotopic (exact) mass is 665 g/mol. The van der Waals surface area contributed by atoms with E-state index in [1.807, 2.05) is 0 Å². The molecule has 21 nitrogen and oxygen atoms in total. The van der Waals surface area contributed by atoms with Crippen LogP contribution in [0.3, 0.4) is 0 Å². The molecule has 3 aliphatic rings. The van der Waals surface area contributed by atoms with E-state index in [2.05, 4.69) is 19.3 Å². The molecular weight excluding hydrogens is 636 g/mol. The van der Waals surface area contributed by atoms with Crippen LogP contribution in [0, 0.1) is 0 Å². The van der Waals surface area contributed by atoms with E-state index < -0.39 is 83.8 Å². The fourth-order valence-corrected chi connectivity index (χ4v) is 6.77. The van der Waals surface area contributed by atoms with Crippen LogP contribution in [-0.2, 0) is 36.8 Å². The van der Waals surface area contributed by atoms with E-state index in [-0.39, 0.29) is 29.0 Å². The number of phosphoric ester groups is 2. The van der Waals surface area contributed by atoms with Gasteiger partial charge in [0, 0.05) is 18.0 Å². The Morgan fingerprint density at radius 1 is 0.955 bits per heavy atom. The van der Waals surface area contributed by atoms with E-state index >= 15 is 0 Å². The third-order valence-electron chi connectivity index (χ3n) is 6.88. The van der Waals surface area contributed by atoms with Crippen LogP contribution in [0.1, 0.15) is 12.6 Å². The maximum Gasteiger partial charge on any atom is 0.481 e. The second-order valence-electron chi connectivity index (χ2n) is 9.84. The van der Waals surface area contributed by atoms with Crippen LogP contribution in [0.5, 0.6) is 0 Å². The number of fused-ring (bicyclic) bond motifs is 1. The van der Waals surface area contributed by atoms with E-state index in [1.54, 1.807) is 6.08 Å². The number of hydrogen-bond acceptors (Lipinski definition) is 17. The number of amides is 1. The molecule has 3 aliphatic heterocycles. The highest BCUT2D eigenvalue weighted by Gasteiger charge is 2.48. The number of aliphatic hydroxyl groups excluding tert-OH is 4. The molecule has 2 saturated heterocycles. The number of hydrogen-bond donors (Lipinski definition) is 8. The van der Waals surface area contributed by atoms with Gasteiger partial charge in [0.2, 0.25) is 5.91 Å². The first-order valence-corrected chi connectivity index (χ1v) is 15.7. The number of nitrogens with zero attached hydrogens (tertiary/aromatic N) is 5. The summed E-state index contributed by atoms with van der Waals surface area (Å²) >= 11 is 0. The molecule has 0 saturated carbocycles. The number of primary amides is 1. The molecule has 5 heterocycles. The lowest BCUT2D eigenvalue weighted by molar-refractivity contribution is -0.115. The van der Waals surface area contributed by atoms with Gasteiger partial charge in [0.1, 0.15) is 48.5 Å². The number of allylic oxidation sites excluding steroid dienone is 1. The molecule has 10 atom stereocenters. The third-order valence-corrected chi connectivity index (χ3v) is 9.48. The maximum absolute atomic E-state index is 12.4. The van der Waals surface area contributed by atoms with Crippen molar-refractivity contribution < 1.29 is 67.0 Å². The second kappa shape index (κ2) is 12.5. The van der Waals surface area contributed by atoms with Crippen molar-refractivity contribution >= 4 is 38.5 Å². The van der Waals surface area contributed by atoms with Crippen LogP contribution in [0.4, 0.5) is 5.82 Å². The molecule has 2 aromatic heterocycles. The summed E-state index contributed by atoms with van der Waals surface area (Å²) in [6, 6.07) is 0. The van der Waals surface area contributed by atoms with Gasteiger partial charge in [0.15, 0.2) is 23.9 Å². The van der Waals surface area contributed by atoms with Crippen LogP contribution in [0.25, 0.3) is 11.2 Å². The van der Waals surface area contributed by atoms with Crippen LogP contribution in [0.2, 0.25) is 0 Å². The number of anilines is 1. The minimum absolute atomic E-state index is 0.0517. The topological polar surface area (TPSA) is 318 Å². The van der Waals surface area contributed by atoms with Gasteiger partial charge < -0.3 is 56.1 Å². The largest absolute Gasteiger partial charge is 0.481 e. The lowest BCUT2D eigenvalue weighted by Gasteiger charge is -2.28. The Hall–Kier alpha value is -2.88. The predicted molar refractivity (Wildman–Crippen MR) is 142 cm³/mol. The standard InChI is InChI=1S/C21H29N7O14P2/c22-17-12-19(25-7-24-17)28(8-26-12)21-16(32)14(30)11(41-21)6-39-44(36,37)42-43(34,35)38-5-10-13(29)15(31)20(40-10)27-3-1-2-9(4-27)18(23)33/h1,3-4,7-8,10-11,13-16,20-21,29-32H,2,5-6H2,(H2,23,33)(H,34,35)(H,36,37)(H2,22,24,25)/t10-,11+,13+,14-,15+,16+,20-,21+/m1/s1. The van der Waals surface area contributed by atoms with Crippen LogP contribution in [0.15, 0.2) is 36.7 Å². The summed E-state index contributed by atoms with van der Waals surface area (Å²) in [6.45, 7) is -1.79. The lowest BCUT2D eigenvalue weighted by atomic mass is 10.1. The summed E-state index contributed by atoms with van der Waals surface area (Å²) in [4.78, 5) is 44.6. The number of carbonyl (C=O) groups excluding carboxylic acids is 1. The quantitative estimate of drug-likeness (QED) is 0.113. The highest BCUT2D eigenvalue weighted by Crippen LogP contribution is 2.60. The lowest BCUT2D eigenvalue weighted by Crippen LogP contribution is -2.40. The second-order valence-corrected chi connectivity index (χ2v) is 12.9. The number of nitrogens with two attached hydrogens (primary N) is 2. The van der Waals surface area contributed by atoms with E-state index in [0.29, 0.717) is 0 Å². The Morgan fingerprint density at radius 3 is 2.16 bits per heavy atom. The first kappa shape index (κ1) is 32.5. The summed E-state index contributed by atoms with van der Waals surface area (Å²) in [5.74, 6) is -0.658. The Bertz CT molecular complexity index is 1560. The Labute approximate surface area is 247 Å². The molecule has 0 radical (unpaired) electrons. The zero-order valence-electron chi connectivity index (χ0n) is 22.4. The van der Waals surface area contributed by atoms with Gasteiger partial charge in [-0.1, -0.05) is 6.08 Å². The fourth-order valence-electron chi connectivity index (χ4n) is 4.68. The van der Waals surface area contributed by atoms with E-state index in [4.69, 9.17) is 30.0 Å². The molecule has 2 unspecified atom stereocenters. The molecule has 5 rings (SSSR count). The van der Waals surface area contributed by atoms with Crippen molar-refractivity contribution in [1.29, 1.82) is 0 Å². The van der Waals surface area contributed by atoms with Crippen molar-refractivity contribution in [2.75, 3.05) is 18.9 Å². The molecule has 0 aliphatic carbocycles. The summed E-state index contributed by atoms with van der Waals surface area (Å²) in [5.41, 5.74) is 11.6. The molecule has 44 heavy (non-hydrogen) atoms. The highest BCUT2D eigenvalue weighted by atomic mass is 31.3. The molecule has 0 bridgehead atoms. The van der Waals surface area contributed by atoms with Crippen molar-refractivity contribution in [3.8, 4) is 0 Å². The SMILES string of the molecule is NC(=O)C1=CN([C@@H]2O[C@H](COP(=O)(O)OP(=O)(O)OC[C@@H]3O[C@H](n4cnc5c(N)ncnc54)[C@@H](O)[C@@H]3O)[C@H](O)[C@@H]2O)C=CC1. The van der Waals surface area contributed by atoms with Crippen molar-refractivity contribution in [2.45, 2.75) is 55.5 Å². The molecule has 2 fully saturated rings. The molecule has 242 valence electrons. The van der Waals surface area contributed by atoms with Crippen LogP contribution >= 0.6 is 15.6 Å². The number of aliphatic hydroxyl groups is 4. The van der Waals surface area contributed by atoms with E-state index in [0.717, 1.165) is 6.33 Å². The van der Waals surface area contributed by atoms with E-state index in [9.17, 15) is 44.1 Å². The number of phosphoric acid groups is 2. The molecular formula is C21H29N7O14P2. The first-order chi connectivity index (χ1) is 20.7. The molecule has 2 aromatic rings. The van der Waals surface area contributed by atoms with Crippen LogP contribution < -0.4 is 11.5 Å². The zero-order chi connectivity index (χ0) is 32.0. The minimum Gasteiger partial charge on any atom is -0.387 e. The van der Waals surface area contributed by atoms with Crippen molar-refractivity contribution in [1.82, 2.24) is 24.4 Å². The molecule has 23 heteroatoms. The Kier molecular flexibility index (Phi) is 9.23. The van der Waals surface area contributed by atoms with Gasteiger partial charge >= 0.3 is 15.6 Å². The fraction of sp³-hybridized carbons (Fsp3) is 0.524. The van der Waals surface area contributed by atoms with Crippen molar-refractivity contribution in [3.63, 3.8) is 0 Å². The summed E-state index contributed by atoms with van der Waals surface area (Å²) < 4.78 is 50.8. The molecule has 10 N–H and O–H groups in total.